The molecule has 0 radical (unpaired) electrons. The topological polar surface area (TPSA) is 86.8 Å². The highest BCUT2D eigenvalue weighted by Gasteiger charge is 2.35. The van der Waals surface area contributed by atoms with Crippen LogP contribution in [-0.2, 0) is 32.6 Å². The van der Waals surface area contributed by atoms with Gasteiger partial charge in [0, 0.05) is 23.5 Å². The Morgan fingerprint density at radius 1 is 0.826 bits per heavy atom. The Kier molecular flexibility index (Phi) is 11.3. The minimum Gasteiger partial charge on any atom is -0.352 e. The van der Waals surface area contributed by atoms with Gasteiger partial charge in [-0.25, -0.2) is 8.42 Å². The monoisotopic (exact) mass is 701 g/mol. The molecule has 5 rings (SSSR count). The first-order valence-electron chi connectivity index (χ1n) is 15.7. The quantitative estimate of drug-likeness (QED) is 0.172. The zero-order chi connectivity index (χ0) is 32.5. The fourth-order valence-corrected chi connectivity index (χ4v) is 7.67. The summed E-state index contributed by atoms with van der Waals surface area (Å²) in [6.07, 6.45) is 5.36. The lowest BCUT2D eigenvalue weighted by atomic mass is 9.94. The molecule has 1 atom stereocenters. The van der Waals surface area contributed by atoms with Crippen molar-refractivity contribution >= 4 is 43.5 Å². The summed E-state index contributed by atoms with van der Waals surface area (Å²) < 4.78 is 30.2. The Labute approximate surface area is 280 Å². The van der Waals surface area contributed by atoms with E-state index in [1.165, 1.54) is 0 Å². The van der Waals surface area contributed by atoms with Crippen molar-refractivity contribution in [2.75, 3.05) is 10.8 Å². The lowest BCUT2D eigenvalue weighted by Gasteiger charge is -2.35. The molecule has 1 aliphatic rings. The molecule has 9 heteroatoms. The molecule has 2 amide bonds. The summed E-state index contributed by atoms with van der Waals surface area (Å²) in [5, 5.41) is 3.24. The van der Waals surface area contributed by atoms with E-state index >= 15 is 0 Å². The van der Waals surface area contributed by atoms with Gasteiger partial charge in [0.05, 0.1) is 10.6 Å². The predicted molar refractivity (Wildman–Crippen MR) is 186 cm³/mol. The summed E-state index contributed by atoms with van der Waals surface area (Å²) in [6, 6.07) is 31.8. The molecule has 1 fully saturated rings. The maximum atomic E-state index is 14.6. The van der Waals surface area contributed by atoms with Gasteiger partial charge in [-0.15, -0.1) is 0 Å². The number of sulfonamides is 1. The van der Waals surface area contributed by atoms with Crippen LogP contribution < -0.4 is 9.62 Å². The van der Waals surface area contributed by atoms with E-state index in [0.29, 0.717) is 16.6 Å². The summed E-state index contributed by atoms with van der Waals surface area (Å²) in [5.41, 5.74) is 3.02. The Balaban J connectivity index is 1.55. The standard InChI is InChI=1S/C37H40BrN3O4S/c1-28-20-22-34(23-21-28)46(44,45)41(33-19-11-16-31(38)25-33)27-36(42)40(26-30-14-7-3-8-15-30)35(24-29-12-5-2-6-13-29)37(43)39-32-17-9-4-10-18-32/h2-3,5-8,11-16,19-23,25,32,35H,4,9-10,17-18,24,26-27H2,1H3,(H,39,43)/t35-/m0/s1. The first-order valence-corrected chi connectivity index (χ1v) is 18.0. The lowest BCUT2D eigenvalue weighted by molar-refractivity contribution is -0.140. The van der Waals surface area contributed by atoms with Gasteiger partial charge in [-0.3, -0.25) is 13.9 Å². The van der Waals surface area contributed by atoms with Gasteiger partial charge in [-0.2, -0.15) is 0 Å². The SMILES string of the molecule is Cc1ccc(S(=O)(=O)N(CC(=O)N(Cc2ccccc2)[C@@H](Cc2ccccc2)C(=O)NC2CCCCC2)c2cccc(Br)c2)cc1. The minimum atomic E-state index is -4.15. The van der Waals surface area contributed by atoms with Crippen LogP contribution in [0.4, 0.5) is 5.69 Å². The van der Waals surface area contributed by atoms with Crippen LogP contribution in [0, 0.1) is 6.92 Å². The van der Waals surface area contributed by atoms with E-state index in [9.17, 15) is 18.0 Å². The fraction of sp³-hybridized carbons (Fsp3) is 0.297. The van der Waals surface area contributed by atoms with E-state index in [2.05, 4.69) is 21.2 Å². The third kappa shape index (κ3) is 8.65. The lowest BCUT2D eigenvalue weighted by Crippen LogP contribution is -2.55. The highest BCUT2D eigenvalue weighted by Crippen LogP contribution is 2.28. The van der Waals surface area contributed by atoms with Crippen molar-refractivity contribution in [1.82, 2.24) is 10.2 Å². The summed E-state index contributed by atoms with van der Waals surface area (Å²) in [4.78, 5) is 30.4. The number of nitrogens with zero attached hydrogens (tertiary/aromatic N) is 2. The molecule has 4 aromatic rings. The Hall–Kier alpha value is -3.95. The summed E-state index contributed by atoms with van der Waals surface area (Å²) >= 11 is 3.46. The van der Waals surface area contributed by atoms with Gasteiger partial charge in [-0.05, 0) is 61.2 Å². The van der Waals surface area contributed by atoms with E-state index in [1.54, 1.807) is 53.4 Å². The van der Waals surface area contributed by atoms with Gasteiger partial charge in [0.25, 0.3) is 10.0 Å². The van der Waals surface area contributed by atoms with Gasteiger partial charge < -0.3 is 10.2 Å². The smallest absolute Gasteiger partial charge is 0.264 e. The van der Waals surface area contributed by atoms with Crippen molar-refractivity contribution in [3.63, 3.8) is 0 Å². The Bertz CT molecular complexity index is 1710. The molecule has 0 bridgehead atoms. The maximum Gasteiger partial charge on any atom is 0.264 e. The Morgan fingerprint density at radius 3 is 2.09 bits per heavy atom. The number of rotatable bonds is 12. The molecule has 1 aliphatic carbocycles. The number of amides is 2. The molecule has 1 N–H and O–H groups in total. The largest absolute Gasteiger partial charge is 0.352 e. The summed E-state index contributed by atoms with van der Waals surface area (Å²) in [7, 11) is -4.15. The number of nitrogens with one attached hydrogen (secondary N) is 1. The fourth-order valence-electron chi connectivity index (χ4n) is 5.88. The maximum absolute atomic E-state index is 14.6. The second-order valence-corrected chi connectivity index (χ2v) is 14.6. The van der Waals surface area contributed by atoms with Crippen molar-refractivity contribution in [3.05, 3.63) is 130 Å². The van der Waals surface area contributed by atoms with Crippen LogP contribution in [0.25, 0.3) is 0 Å². The van der Waals surface area contributed by atoms with Crippen molar-refractivity contribution in [1.29, 1.82) is 0 Å². The normalized spacial score (nSPS) is 14.3. The average molecular weight is 703 g/mol. The van der Waals surface area contributed by atoms with E-state index < -0.39 is 28.5 Å². The number of anilines is 1. The molecular weight excluding hydrogens is 662 g/mol. The molecule has 1 saturated carbocycles. The first-order chi connectivity index (χ1) is 22.2. The Morgan fingerprint density at radius 2 is 1.46 bits per heavy atom. The van der Waals surface area contributed by atoms with E-state index in [1.807, 2.05) is 67.6 Å². The van der Waals surface area contributed by atoms with Crippen molar-refractivity contribution < 1.29 is 18.0 Å². The third-order valence-corrected chi connectivity index (χ3v) is 10.7. The van der Waals surface area contributed by atoms with Gasteiger partial charge >= 0.3 is 0 Å². The highest BCUT2D eigenvalue weighted by atomic mass is 79.9. The number of benzene rings is 4. The molecule has 0 spiro atoms. The molecule has 0 heterocycles. The van der Waals surface area contributed by atoms with Gasteiger partial charge in [0.15, 0.2) is 0 Å². The molecule has 0 unspecified atom stereocenters. The molecule has 4 aromatic carbocycles. The molecule has 0 aliphatic heterocycles. The average Bonchev–Trinajstić information content (AvgIpc) is 3.06. The number of hydrogen-bond donors (Lipinski definition) is 1. The molecule has 7 nitrogen and oxygen atoms in total. The number of hydrogen-bond acceptors (Lipinski definition) is 4. The van der Waals surface area contributed by atoms with Crippen LogP contribution in [0.3, 0.4) is 0 Å². The molecular formula is C37H40BrN3O4S. The highest BCUT2D eigenvalue weighted by molar-refractivity contribution is 9.10. The molecule has 0 aromatic heterocycles. The zero-order valence-electron chi connectivity index (χ0n) is 26.0. The molecule has 0 saturated heterocycles. The van der Waals surface area contributed by atoms with Crippen LogP contribution in [0.1, 0.15) is 48.8 Å². The molecule has 46 heavy (non-hydrogen) atoms. The second kappa shape index (κ2) is 15.6. The van der Waals surface area contributed by atoms with Crippen LogP contribution in [0.2, 0.25) is 0 Å². The number of aryl methyl sites for hydroxylation is 1. The molecule has 240 valence electrons. The van der Waals surface area contributed by atoms with Crippen molar-refractivity contribution in [2.24, 2.45) is 0 Å². The van der Waals surface area contributed by atoms with Gasteiger partial charge in [0.2, 0.25) is 11.8 Å². The van der Waals surface area contributed by atoms with Crippen LogP contribution in [0.15, 0.2) is 119 Å². The van der Waals surface area contributed by atoms with Crippen molar-refractivity contribution in [2.45, 2.75) is 69.0 Å². The number of carbonyl (C=O) groups is 2. The van der Waals surface area contributed by atoms with E-state index in [4.69, 9.17) is 0 Å². The van der Waals surface area contributed by atoms with Crippen LogP contribution in [-0.4, -0.2) is 43.8 Å². The first kappa shape index (κ1) is 33.4. The van der Waals surface area contributed by atoms with Crippen LogP contribution in [0.5, 0.6) is 0 Å². The minimum absolute atomic E-state index is 0.0493. The van der Waals surface area contributed by atoms with Crippen LogP contribution >= 0.6 is 15.9 Å². The number of carbonyl (C=O) groups excluding carboxylic acids is 2. The van der Waals surface area contributed by atoms with Gasteiger partial charge in [0.1, 0.15) is 12.6 Å². The summed E-state index contributed by atoms with van der Waals surface area (Å²) in [5.74, 6) is -0.699. The predicted octanol–water partition coefficient (Wildman–Crippen LogP) is 7.04. The third-order valence-electron chi connectivity index (χ3n) is 8.40. The number of halogens is 1. The van der Waals surface area contributed by atoms with E-state index in [0.717, 1.165) is 53.1 Å². The van der Waals surface area contributed by atoms with Crippen molar-refractivity contribution in [3.8, 4) is 0 Å². The summed E-state index contributed by atoms with van der Waals surface area (Å²) in [6.45, 7) is 1.55. The zero-order valence-corrected chi connectivity index (χ0v) is 28.4. The second-order valence-electron chi connectivity index (χ2n) is 11.9. The van der Waals surface area contributed by atoms with E-state index in [-0.39, 0.29) is 23.4 Å². The van der Waals surface area contributed by atoms with Gasteiger partial charge in [-0.1, -0.05) is 120 Å².